The van der Waals surface area contributed by atoms with Gasteiger partial charge >= 0.3 is 0 Å². The van der Waals surface area contributed by atoms with Crippen molar-refractivity contribution in [2.45, 2.75) is 64.0 Å². The molecule has 0 spiro atoms. The molecule has 2 aliphatic rings. The monoisotopic (exact) mass is 268 g/mol. The molecule has 19 heavy (non-hydrogen) atoms. The summed E-state index contributed by atoms with van der Waals surface area (Å²) in [5.41, 5.74) is -0.596. The summed E-state index contributed by atoms with van der Waals surface area (Å²) in [5.74, 6) is 0.932. The molecular weight excluding hydrogens is 240 g/mol. The summed E-state index contributed by atoms with van der Waals surface area (Å²) in [6, 6.07) is 0.00162. The molecule has 2 rings (SSSR count). The van der Waals surface area contributed by atoms with Gasteiger partial charge in [0.05, 0.1) is 11.6 Å². The molecule has 2 fully saturated rings. The molecule has 0 radical (unpaired) electrons. The molecule has 4 heteroatoms. The molecule has 2 saturated heterocycles. The third-order valence-corrected chi connectivity index (χ3v) is 4.76. The van der Waals surface area contributed by atoms with Crippen LogP contribution in [0.5, 0.6) is 0 Å². The molecule has 0 aromatic carbocycles. The Morgan fingerprint density at radius 2 is 2.21 bits per heavy atom. The number of carbonyl (C=O) groups excluding carboxylic acids is 1. The summed E-state index contributed by atoms with van der Waals surface area (Å²) in [4.78, 5) is 14.5. The minimum atomic E-state index is -0.596. The fraction of sp³-hybridized carbons (Fsp3) is 0.933. The van der Waals surface area contributed by atoms with Crippen molar-refractivity contribution in [1.29, 1.82) is 0 Å². The van der Waals surface area contributed by atoms with E-state index in [0.29, 0.717) is 18.9 Å². The standard InChI is InChI=1S/C15H28N2O2/c1-3-12-5-8-16-13(11-12)14(18)17-9-4-6-15(2,19)7-10-17/h12-13,16,19H,3-11H2,1-2H3. The van der Waals surface area contributed by atoms with E-state index in [-0.39, 0.29) is 11.9 Å². The van der Waals surface area contributed by atoms with E-state index in [0.717, 1.165) is 32.4 Å². The lowest BCUT2D eigenvalue weighted by molar-refractivity contribution is -0.134. The molecule has 0 aromatic heterocycles. The third-order valence-electron chi connectivity index (χ3n) is 4.76. The summed E-state index contributed by atoms with van der Waals surface area (Å²) >= 11 is 0. The molecule has 1 amide bonds. The van der Waals surface area contributed by atoms with Gasteiger partial charge in [0.1, 0.15) is 0 Å². The summed E-state index contributed by atoms with van der Waals surface area (Å²) in [5, 5.41) is 13.5. The van der Waals surface area contributed by atoms with Gasteiger partial charge in [-0.3, -0.25) is 4.79 Å². The van der Waals surface area contributed by atoms with Crippen molar-refractivity contribution in [3.05, 3.63) is 0 Å². The number of nitrogens with zero attached hydrogens (tertiary/aromatic N) is 1. The first kappa shape index (κ1) is 14.8. The Hall–Kier alpha value is -0.610. The van der Waals surface area contributed by atoms with Crippen LogP contribution in [0.2, 0.25) is 0 Å². The van der Waals surface area contributed by atoms with E-state index < -0.39 is 5.60 Å². The van der Waals surface area contributed by atoms with Gasteiger partial charge in [0.25, 0.3) is 0 Å². The minimum Gasteiger partial charge on any atom is -0.390 e. The molecule has 2 N–H and O–H groups in total. The molecule has 3 unspecified atom stereocenters. The van der Waals surface area contributed by atoms with E-state index in [2.05, 4.69) is 12.2 Å². The Kier molecular flexibility index (Phi) is 4.85. The number of likely N-dealkylation sites (tertiary alicyclic amines) is 1. The van der Waals surface area contributed by atoms with Gasteiger partial charge in [-0.2, -0.15) is 0 Å². The van der Waals surface area contributed by atoms with Crippen LogP contribution in [0.15, 0.2) is 0 Å². The second-order valence-electron chi connectivity index (χ2n) is 6.48. The van der Waals surface area contributed by atoms with Crippen LogP contribution in [-0.2, 0) is 4.79 Å². The van der Waals surface area contributed by atoms with E-state index in [9.17, 15) is 9.90 Å². The fourth-order valence-electron chi connectivity index (χ4n) is 3.26. The normalized spacial score (nSPS) is 36.9. The van der Waals surface area contributed by atoms with Crippen molar-refractivity contribution >= 4 is 5.91 Å². The third kappa shape index (κ3) is 3.93. The van der Waals surface area contributed by atoms with Gasteiger partial charge in [-0.15, -0.1) is 0 Å². The number of piperidine rings is 1. The predicted molar refractivity (Wildman–Crippen MR) is 75.9 cm³/mol. The van der Waals surface area contributed by atoms with Crippen molar-refractivity contribution < 1.29 is 9.90 Å². The first-order chi connectivity index (χ1) is 9.02. The SMILES string of the molecule is CCC1CCNC(C(=O)N2CCCC(C)(O)CC2)C1. The Bertz CT molecular complexity index is 317. The van der Waals surface area contributed by atoms with Gasteiger partial charge in [0.2, 0.25) is 5.91 Å². The van der Waals surface area contributed by atoms with Gasteiger partial charge in [-0.05, 0) is 51.5 Å². The molecular formula is C15H28N2O2. The zero-order chi connectivity index (χ0) is 13.9. The topological polar surface area (TPSA) is 52.6 Å². The van der Waals surface area contributed by atoms with Crippen LogP contribution in [0.4, 0.5) is 0 Å². The Morgan fingerprint density at radius 3 is 2.95 bits per heavy atom. The summed E-state index contributed by atoms with van der Waals surface area (Å²) in [6.45, 7) is 6.54. The molecule has 2 aliphatic heterocycles. The highest BCUT2D eigenvalue weighted by Crippen LogP contribution is 2.24. The minimum absolute atomic E-state index is 0.00162. The van der Waals surface area contributed by atoms with E-state index in [1.165, 1.54) is 12.8 Å². The zero-order valence-electron chi connectivity index (χ0n) is 12.3. The van der Waals surface area contributed by atoms with Crippen molar-refractivity contribution in [3.63, 3.8) is 0 Å². The highest BCUT2D eigenvalue weighted by atomic mass is 16.3. The van der Waals surface area contributed by atoms with Gasteiger partial charge in [-0.1, -0.05) is 13.3 Å². The van der Waals surface area contributed by atoms with Crippen LogP contribution in [0.3, 0.4) is 0 Å². The van der Waals surface area contributed by atoms with E-state index in [1.54, 1.807) is 0 Å². The Labute approximate surface area is 116 Å². The molecule has 110 valence electrons. The van der Waals surface area contributed by atoms with Crippen LogP contribution in [0.25, 0.3) is 0 Å². The molecule has 0 aromatic rings. The predicted octanol–water partition coefficient (Wildman–Crippen LogP) is 1.53. The van der Waals surface area contributed by atoms with Crippen LogP contribution in [-0.4, -0.2) is 47.2 Å². The number of rotatable bonds is 2. The number of amides is 1. The van der Waals surface area contributed by atoms with E-state index in [4.69, 9.17) is 0 Å². The highest BCUT2D eigenvalue weighted by Gasteiger charge is 2.32. The van der Waals surface area contributed by atoms with E-state index >= 15 is 0 Å². The Morgan fingerprint density at radius 1 is 1.42 bits per heavy atom. The maximum Gasteiger partial charge on any atom is 0.239 e. The average molecular weight is 268 g/mol. The van der Waals surface area contributed by atoms with Crippen molar-refractivity contribution in [2.75, 3.05) is 19.6 Å². The lowest BCUT2D eigenvalue weighted by Crippen LogP contribution is -2.50. The number of nitrogens with one attached hydrogen (secondary N) is 1. The van der Waals surface area contributed by atoms with Crippen molar-refractivity contribution in [1.82, 2.24) is 10.2 Å². The smallest absolute Gasteiger partial charge is 0.239 e. The molecule has 3 atom stereocenters. The van der Waals surface area contributed by atoms with Gasteiger partial charge in [-0.25, -0.2) is 0 Å². The van der Waals surface area contributed by atoms with Crippen LogP contribution in [0, 0.1) is 5.92 Å². The second kappa shape index (κ2) is 6.23. The van der Waals surface area contributed by atoms with E-state index in [1.807, 2.05) is 11.8 Å². The maximum absolute atomic E-state index is 12.6. The van der Waals surface area contributed by atoms with Crippen molar-refractivity contribution in [3.8, 4) is 0 Å². The molecule has 4 nitrogen and oxygen atoms in total. The average Bonchev–Trinajstić information content (AvgIpc) is 2.59. The molecule has 0 bridgehead atoms. The number of hydrogen-bond acceptors (Lipinski definition) is 3. The van der Waals surface area contributed by atoms with Gasteiger partial charge in [0.15, 0.2) is 0 Å². The van der Waals surface area contributed by atoms with Crippen LogP contribution in [0.1, 0.15) is 52.4 Å². The highest BCUT2D eigenvalue weighted by molar-refractivity contribution is 5.82. The molecule has 0 saturated carbocycles. The first-order valence-electron chi connectivity index (χ1n) is 7.76. The Balaban J connectivity index is 1.91. The van der Waals surface area contributed by atoms with Gasteiger partial charge in [0, 0.05) is 13.1 Å². The first-order valence-corrected chi connectivity index (χ1v) is 7.76. The summed E-state index contributed by atoms with van der Waals surface area (Å²) in [6.07, 6.45) is 5.73. The lowest BCUT2D eigenvalue weighted by Gasteiger charge is -2.33. The number of hydrogen-bond donors (Lipinski definition) is 2. The van der Waals surface area contributed by atoms with Gasteiger partial charge < -0.3 is 15.3 Å². The maximum atomic E-state index is 12.6. The summed E-state index contributed by atoms with van der Waals surface area (Å²) < 4.78 is 0. The zero-order valence-corrected chi connectivity index (χ0v) is 12.3. The molecule has 2 heterocycles. The molecule has 0 aliphatic carbocycles. The van der Waals surface area contributed by atoms with Crippen LogP contribution < -0.4 is 5.32 Å². The lowest BCUT2D eigenvalue weighted by atomic mass is 9.90. The summed E-state index contributed by atoms with van der Waals surface area (Å²) in [7, 11) is 0. The van der Waals surface area contributed by atoms with Crippen LogP contribution >= 0.6 is 0 Å². The largest absolute Gasteiger partial charge is 0.390 e. The second-order valence-corrected chi connectivity index (χ2v) is 6.48. The van der Waals surface area contributed by atoms with Crippen molar-refractivity contribution in [2.24, 2.45) is 5.92 Å². The number of aliphatic hydroxyl groups is 1. The number of carbonyl (C=O) groups is 1. The fourth-order valence-corrected chi connectivity index (χ4v) is 3.26. The quantitative estimate of drug-likeness (QED) is 0.798.